The number of benzene rings is 3. The number of ether oxygens (including phenoxy) is 4. The van der Waals surface area contributed by atoms with Gasteiger partial charge in [-0.05, 0) is 48.4 Å². The van der Waals surface area contributed by atoms with E-state index in [0.29, 0.717) is 30.3 Å². The standard InChI is InChI=1S/C32H33N3O5/c1-20-8-6-7-9-25(20)31-29-26(34-18-21-10-12-23(37-2)16-27(21)39-4)14-15-33-30(29)32(36)35(31)19-22-11-13-24(38-3)17-28(22)40-5/h6-17,31H,18-19H2,1-5H3,(H,33,34). The Balaban J connectivity index is 1.56. The van der Waals surface area contributed by atoms with Crippen molar-refractivity contribution in [1.82, 2.24) is 9.88 Å². The highest BCUT2D eigenvalue weighted by molar-refractivity contribution is 5.99. The van der Waals surface area contributed by atoms with Crippen molar-refractivity contribution in [2.75, 3.05) is 33.8 Å². The first kappa shape index (κ1) is 26.9. The molecule has 0 aliphatic carbocycles. The molecule has 0 radical (unpaired) electrons. The molecule has 40 heavy (non-hydrogen) atoms. The summed E-state index contributed by atoms with van der Waals surface area (Å²) in [6.07, 6.45) is 1.68. The molecular weight excluding hydrogens is 506 g/mol. The average Bonchev–Trinajstić information content (AvgIpc) is 3.27. The van der Waals surface area contributed by atoms with Crippen molar-refractivity contribution in [3.63, 3.8) is 0 Å². The monoisotopic (exact) mass is 539 g/mol. The highest BCUT2D eigenvalue weighted by Gasteiger charge is 2.41. The summed E-state index contributed by atoms with van der Waals surface area (Å²) in [5.41, 5.74) is 6.10. The number of amides is 1. The second-order valence-electron chi connectivity index (χ2n) is 9.52. The molecule has 4 aromatic rings. The number of nitrogens with zero attached hydrogens (tertiary/aromatic N) is 2. The quantitative estimate of drug-likeness (QED) is 0.274. The molecule has 3 aromatic carbocycles. The van der Waals surface area contributed by atoms with Gasteiger partial charge in [0.1, 0.15) is 28.7 Å². The fourth-order valence-electron chi connectivity index (χ4n) is 5.22. The first-order valence-corrected chi connectivity index (χ1v) is 13.0. The van der Waals surface area contributed by atoms with E-state index in [0.717, 1.165) is 45.0 Å². The van der Waals surface area contributed by atoms with Gasteiger partial charge in [-0.25, -0.2) is 0 Å². The summed E-state index contributed by atoms with van der Waals surface area (Å²) in [6, 6.07) is 21.1. The van der Waals surface area contributed by atoms with Gasteiger partial charge in [0.05, 0.1) is 41.0 Å². The molecule has 0 fully saturated rings. The van der Waals surface area contributed by atoms with Crippen molar-refractivity contribution in [2.45, 2.75) is 26.1 Å². The maximum atomic E-state index is 14.0. The Hall–Kier alpha value is -4.72. The van der Waals surface area contributed by atoms with Gasteiger partial charge in [0.25, 0.3) is 5.91 Å². The maximum absolute atomic E-state index is 14.0. The minimum absolute atomic E-state index is 0.133. The number of fused-ring (bicyclic) bond motifs is 1. The maximum Gasteiger partial charge on any atom is 0.273 e. The second kappa shape index (κ2) is 11.6. The number of rotatable bonds is 10. The molecule has 0 bridgehead atoms. The molecule has 1 aliphatic heterocycles. The van der Waals surface area contributed by atoms with Crippen molar-refractivity contribution in [1.29, 1.82) is 0 Å². The molecule has 1 amide bonds. The number of pyridine rings is 1. The van der Waals surface area contributed by atoms with Gasteiger partial charge in [-0.2, -0.15) is 0 Å². The van der Waals surface area contributed by atoms with Gasteiger partial charge in [-0.15, -0.1) is 0 Å². The van der Waals surface area contributed by atoms with Gasteiger partial charge < -0.3 is 29.2 Å². The number of aryl methyl sites for hydroxylation is 1. The lowest BCUT2D eigenvalue weighted by molar-refractivity contribution is 0.0730. The van der Waals surface area contributed by atoms with Gasteiger partial charge in [-0.3, -0.25) is 9.78 Å². The van der Waals surface area contributed by atoms with Crippen molar-refractivity contribution < 1.29 is 23.7 Å². The molecular formula is C32H33N3O5. The molecule has 206 valence electrons. The van der Waals surface area contributed by atoms with E-state index in [1.807, 2.05) is 59.5 Å². The third-order valence-electron chi connectivity index (χ3n) is 7.32. The molecule has 1 atom stereocenters. The summed E-state index contributed by atoms with van der Waals surface area (Å²) in [5.74, 6) is 2.66. The Morgan fingerprint density at radius 3 is 2.12 bits per heavy atom. The molecule has 2 heterocycles. The van der Waals surface area contributed by atoms with Gasteiger partial charge in [0.15, 0.2) is 0 Å². The van der Waals surface area contributed by atoms with Crippen molar-refractivity contribution in [2.24, 2.45) is 0 Å². The lowest BCUT2D eigenvalue weighted by Crippen LogP contribution is -2.29. The number of aromatic nitrogens is 1. The lowest BCUT2D eigenvalue weighted by atomic mass is 9.94. The summed E-state index contributed by atoms with van der Waals surface area (Å²) in [6.45, 7) is 2.90. The van der Waals surface area contributed by atoms with E-state index in [-0.39, 0.29) is 11.9 Å². The summed E-state index contributed by atoms with van der Waals surface area (Å²) < 4.78 is 22.0. The molecule has 8 heteroatoms. The van der Waals surface area contributed by atoms with Crippen LogP contribution in [0.2, 0.25) is 0 Å². The van der Waals surface area contributed by atoms with Crippen LogP contribution in [0.25, 0.3) is 0 Å². The summed E-state index contributed by atoms with van der Waals surface area (Å²) in [4.78, 5) is 20.4. The Morgan fingerprint density at radius 1 is 0.825 bits per heavy atom. The molecule has 0 saturated heterocycles. The molecule has 5 rings (SSSR count). The zero-order chi connectivity index (χ0) is 28.2. The predicted octanol–water partition coefficient (Wildman–Crippen LogP) is 5.78. The molecule has 1 unspecified atom stereocenters. The summed E-state index contributed by atoms with van der Waals surface area (Å²) in [5, 5.41) is 3.55. The third-order valence-corrected chi connectivity index (χ3v) is 7.32. The first-order chi connectivity index (χ1) is 19.5. The number of hydrogen-bond acceptors (Lipinski definition) is 7. The van der Waals surface area contributed by atoms with Crippen molar-refractivity contribution in [3.05, 3.63) is 106 Å². The lowest BCUT2D eigenvalue weighted by Gasteiger charge is -2.28. The third kappa shape index (κ3) is 5.00. The van der Waals surface area contributed by atoms with E-state index in [9.17, 15) is 4.79 Å². The number of nitrogens with one attached hydrogen (secondary N) is 1. The zero-order valence-electron chi connectivity index (χ0n) is 23.4. The van der Waals surface area contributed by atoms with Crippen LogP contribution in [-0.4, -0.2) is 44.2 Å². The smallest absolute Gasteiger partial charge is 0.273 e. The number of hydrogen-bond donors (Lipinski definition) is 1. The minimum Gasteiger partial charge on any atom is -0.497 e. The van der Waals surface area contributed by atoms with Crippen molar-refractivity contribution >= 4 is 11.6 Å². The van der Waals surface area contributed by atoms with Crippen LogP contribution in [0.4, 0.5) is 5.69 Å². The fourth-order valence-corrected chi connectivity index (χ4v) is 5.22. The fraction of sp³-hybridized carbons (Fsp3) is 0.250. The minimum atomic E-state index is -0.343. The summed E-state index contributed by atoms with van der Waals surface area (Å²) in [7, 11) is 6.50. The SMILES string of the molecule is COc1ccc(CNc2ccnc3c2C(c2ccccc2C)N(Cc2ccc(OC)cc2OC)C3=O)c(OC)c1. The van der Waals surface area contributed by atoms with E-state index in [1.165, 1.54) is 0 Å². The highest BCUT2D eigenvalue weighted by atomic mass is 16.5. The van der Waals surface area contributed by atoms with Crippen LogP contribution in [-0.2, 0) is 13.1 Å². The summed E-state index contributed by atoms with van der Waals surface area (Å²) >= 11 is 0. The number of carbonyl (C=O) groups is 1. The van der Waals surface area contributed by atoms with E-state index in [1.54, 1.807) is 34.6 Å². The predicted molar refractivity (Wildman–Crippen MR) is 154 cm³/mol. The van der Waals surface area contributed by atoms with E-state index >= 15 is 0 Å². The normalized spacial score (nSPS) is 14.1. The number of carbonyl (C=O) groups excluding carboxylic acids is 1. The number of methoxy groups -OCH3 is 4. The molecule has 1 N–H and O–H groups in total. The zero-order valence-corrected chi connectivity index (χ0v) is 23.4. The molecule has 0 spiro atoms. The second-order valence-corrected chi connectivity index (χ2v) is 9.52. The van der Waals surface area contributed by atoms with Crippen molar-refractivity contribution in [3.8, 4) is 23.0 Å². The van der Waals surface area contributed by atoms with Crippen LogP contribution >= 0.6 is 0 Å². The van der Waals surface area contributed by atoms with Crippen LogP contribution in [0.1, 0.15) is 44.3 Å². The van der Waals surface area contributed by atoms with Gasteiger partial charge in [-0.1, -0.05) is 24.3 Å². The van der Waals surface area contributed by atoms with Crippen LogP contribution in [0.15, 0.2) is 72.9 Å². The Kier molecular flexibility index (Phi) is 7.77. The Morgan fingerprint density at radius 2 is 1.48 bits per heavy atom. The Bertz CT molecular complexity index is 1540. The van der Waals surface area contributed by atoms with Crippen LogP contribution < -0.4 is 24.3 Å². The average molecular weight is 540 g/mol. The van der Waals surface area contributed by atoms with Gasteiger partial charge >= 0.3 is 0 Å². The van der Waals surface area contributed by atoms with Crippen LogP contribution in [0.3, 0.4) is 0 Å². The van der Waals surface area contributed by atoms with E-state index in [4.69, 9.17) is 18.9 Å². The van der Waals surface area contributed by atoms with E-state index in [2.05, 4.69) is 29.4 Å². The van der Waals surface area contributed by atoms with Gasteiger partial charge in [0, 0.05) is 47.3 Å². The molecule has 0 saturated carbocycles. The largest absolute Gasteiger partial charge is 0.497 e. The Labute approximate surface area is 234 Å². The molecule has 1 aromatic heterocycles. The first-order valence-electron chi connectivity index (χ1n) is 13.0. The highest BCUT2D eigenvalue weighted by Crippen LogP contribution is 2.44. The topological polar surface area (TPSA) is 82.2 Å². The number of anilines is 1. The molecule has 1 aliphatic rings. The van der Waals surface area contributed by atoms with E-state index < -0.39 is 0 Å². The molecule has 8 nitrogen and oxygen atoms in total. The van der Waals surface area contributed by atoms with Crippen LogP contribution in [0, 0.1) is 6.92 Å². The van der Waals surface area contributed by atoms with Gasteiger partial charge in [0.2, 0.25) is 0 Å². The van der Waals surface area contributed by atoms with Crippen LogP contribution in [0.5, 0.6) is 23.0 Å².